The van der Waals surface area contributed by atoms with Crippen molar-refractivity contribution in [3.05, 3.63) is 41.7 Å². The number of methoxy groups -OCH3 is 1. The third-order valence-electron chi connectivity index (χ3n) is 9.22. The van der Waals surface area contributed by atoms with E-state index in [2.05, 4.69) is 31.0 Å². The van der Waals surface area contributed by atoms with E-state index in [1.54, 1.807) is 13.3 Å². The highest BCUT2D eigenvalue weighted by atomic mass is 16.5. The van der Waals surface area contributed by atoms with Crippen LogP contribution in [0.15, 0.2) is 36.2 Å². The summed E-state index contributed by atoms with van der Waals surface area (Å²) in [4.78, 5) is 18.8. The van der Waals surface area contributed by atoms with E-state index in [9.17, 15) is 4.79 Å². The second-order valence-electron chi connectivity index (χ2n) is 10.4. The monoisotopic (exact) mass is 406 g/mol. The standard InChI is InChI=1S/C26H34N2O2/c1-25-11-12-28(3)24(29)14-18(25)5-6-20-22-8-7-21(26(22,2)10-9-23(20)25)17-13-19(30-4)16-27-15-17/h7,13-16,20,22-23H,5-6,8-12H2,1-4H3/t20-,22-,23?,25-,26+/m0/s1. The fourth-order valence-electron chi connectivity index (χ4n) is 7.37. The first-order valence-electron chi connectivity index (χ1n) is 11.5. The lowest BCUT2D eigenvalue weighted by Crippen LogP contribution is -2.49. The van der Waals surface area contributed by atoms with Gasteiger partial charge in [-0.2, -0.15) is 0 Å². The zero-order valence-corrected chi connectivity index (χ0v) is 18.8. The zero-order valence-electron chi connectivity index (χ0n) is 18.8. The molecule has 2 saturated carbocycles. The van der Waals surface area contributed by atoms with Crippen molar-refractivity contribution in [2.45, 2.75) is 52.4 Å². The van der Waals surface area contributed by atoms with E-state index >= 15 is 0 Å². The molecule has 0 bridgehead atoms. The van der Waals surface area contributed by atoms with Crippen LogP contribution in [0.3, 0.4) is 0 Å². The SMILES string of the molecule is COc1cncc(C2=CC[C@H]3[C@@H]4CCC5=CC(=O)N(C)CC[C@]5(C)C4CC[C@]23C)c1. The van der Waals surface area contributed by atoms with Crippen LogP contribution in [0.25, 0.3) is 5.57 Å². The number of pyridine rings is 1. The number of amides is 1. The molecule has 2 fully saturated rings. The summed E-state index contributed by atoms with van der Waals surface area (Å²) in [5.41, 5.74) is 4.50. The highest BCUT2D eigenvalue weighted by Crippen LogP contribution is 2.66. The summed E-state index contributed by atoms with van der Waals surface area (Å²) in [5.74, 6) is 3.14. The predicted molar refractivity (Wildman–Crippen MR) is 119 cm³/mol. The molecule has 0 aromatic carbocycles. The molecule has 1 aromatic heterocycles. The van der Waals surface area contributed by atoms with Gasteiger partial charge >= 0.3 is 0 Å². The average Bonchev–Trinajstić information content (AvgIpc) is 3.05. The Kier molecular flexibility index (Phi) is 4.61. The fourth-order valence-corrected chi connectivity index (χ4v) is 7.37. The number of allylic oxidation sites excluding steroid dienone is 3. The molecule has 160 valence electrons. The van der Waals surface area contributed by atoms with Crippen LogP contribution in [0.4, 0.5) is 0 Å². The summed E-state index contributed by atoms with van der Waals surface area (Å²) in [6.07, 6.45) is 15.3. The van der Waals surface area contributed by atoms with E-state index in [-0.39, 0.29) is 16.7 Å². The summed E-state index contributed by atoms with van der Waals surface area (Å²) >= 11 is 0. The second-order valence-corrected chi connectivity index (χ2v) is 10.4. The Morgan fingerprint density at radius 1 is 1.13 bits per heavy atom. The maximum absolute atomic E-state index is 12.5. The van der Waals surface area contributed by atoms with Crippen LogP contribution in [-0.2, 0) is 4.79 Å². The molecule has 5 atom stereocenters. The van der Waals surface area contributed by atoms with Crippen molar-refractivity contribution in [2.24, 2.45) is 28.6 Å². The first-order chi connectivity index (χ1) is 14.4. The molecule has 3 aliphatic carbocycles. The molecule has 0 saturated heterocycles. The Hall–Kier alpha value is -2.10. The number of nitrogens with zero attached hydrogens (tertiary/aromatic N) is 2. The number of carbonyl (C=O) groups is 1. The van der Waals surface area contributed by atoms with Gasteiger partial charge in [-0.3, -0.25) is 9.78 Å². The van der Waals surface area contributed by atoms with E-state index in [1.165, 1.54) is 36.0 Å². The van der Waals surface area contributed by atoms with E-state index in [0.717, 1.165) is 37.5 Å². The quantitative estimate of drug-likeness (QED) is 0.685. The number of rotatable bonds is 2. The highest BCUT2D eigenvalue weighted by molar-refractivity contribution is 5.88. The van der Waals surface area contributed by atoms with Gasteiger partial charge in [0.05, 0.1) is 13.3 Å². The molecule has 0 spiro atoms. The molecular formula is C26H34N2O2. The average molecular weight is 407 g/mol. The van der Waals surface area contributed by atoms with Gasteiger partial charge in [-0.15, -0.1) is 0 Å². The summed E-state index contributed by atoms with van der Waals surface area (Å²) < 4.78 is 5.44. The molecule has 4 aliphatic rings. The largest absolute Gasteiger partial charge is 0.495 e. The Morgan fingerprint density at radius 2 is 1.97 bits per heavy atom. The zero-order chi connectivity index (χ0) is 21.1. The Labute approximate surface area is 180 Å². The second kappa shape index (κ2) is 6.96. The van der Waals surface area contributed by atoms with Gasteiger partial charge < -0.3 is 9.64 Å². The van der Waals surface area contributed by atoms with Crippen molar-refractivity contribution in [3.63, 3.8) is 0 Å². The third-order valence-corrected chi connectivity index (χ3v) is 9.22. The number of hydrogen-bond donors (Lipinski definition) is 0. The molecule has 1 aromatic rings. The van der Waals surface area contributed by atoms with E-state index in [1.807, 2.05) is 24.2 Å². The number of fused-ring (bicyclic) bond motifs is 5. The van der Waals surface area contributed by atoms with Gasteiger partial charge in [0.2, 0.25) is 5.91 Å². The van der Waals surface area contributed by atoms with Crippen molar-refractivity contribution in [1.82, 2.24) is 9.88 Å². The molecular weight excluding hydrogens is 372 g/mol. The van der Waals surface area contributed by atoms with Crippen LogP contribution < -0.4 is 4.74 Å². The smallest absolute Gasteiger partial charge is 0.246 e. The lowest BCUT2D eigenvalue weighted by molar-refractivity contribution is -0.124. The van der Waals surface area contributed by atoms with Gasteiger partial charge in [0.1, 0.15) is 5.75 Å². The molecule has 1 amide bonds. The van der Waals surface area contributed by atoms with E-state index in [4.69, 9.17) is 4.74 Å². The number of likely N-dealkylation sites (N-methyl/N-ethyl adjacent to an activating group) is 1. The minimum Gasteiger partial charge on any atom is -0.495 e. The highest BCUT2D eigenvalue weighted by Gasteiger charge is 2.57. The van der Waals surface area contributed by atoms with E-state index in [0.29, 0.717) is 11.8 Å². The maximum Gasteiger partial charge on any atom is 0.246 e. The van der Waals surface area contributed by atoms with Gasteiger partial charge in [0.25, 0.3) is 0 Å². The summed E-state index contributed by atoms with van der Waals surface area (Å²) in [7, 11) is 3.66. The van der Waals surface area contributed by atoms with Crippen LogP contribution in [0.2, 0.25) is 0 Å². The minimum atomic E-state index is 0.172. The van der Waals surface area contributed by atoms with Crippen molar-refractivity contribution < 1.29 is 9.53 Å². The van der Waals surface area contributed by atoms with Gasteiger partial charge in [-0.25, -0.2) is 0 Å². The normalized spacial score (nSPS) is 38.1. The lowest BCUT2D eigenvalue weighted by Gasteiger charge is -2.57. The summed E-state index contributed by atoms with van der Waals surface area (Å²) in [5, 5.41) is 0. The first-order valence-corrected chi connectivity index (χ1v) is 11.5. The topological polar surface area (TPSA) is 42.4 Å². The van der Waals surface area contributed by atoms with Crippen molar-refractivity contribution in [2.75, 3.05) is 20.7 Å². The van der Waals surface area contributed by atoms with E-state index < -0.39 is 0 Å². The molecule has 4 nitrogen and oxygen atoms in total. The molecule has 0 radical (unpaired) electrons. The third kappa shape index (κ3) is 2.79. The van der Waals surface area contributed by atoms with Crippen molar-refractivity contribution in [1.29, 1.82) is 0 Å². The number of carbonyl (C=O) groups excluding carboxylic acids is 1. The maximum atomic E-state index is 12.5. The predicted octanol–water partition coefficient (Wildman–Crippen LogP) is 5.11. The van der Waals surface area contributed by atoms with Crippen molar-refractivity contribution in [3.8, 4) is 5.75 Å². The molecule has 30 heavy (non-hydrogen) atoms. The van der Waals surface area contributed by atoms with Crippen LogP contribution >= 0.6 is 0 Å². The van der Waals surface area contributed by atoms with Crippen molar-refractivity contribution >= 4 is 11.5 Å². The first kappa shape index (κ1) is 19.8. The molecule has 1 unspecified atom stereocenters. The minimum absolute atomic E-state index is 0.172. The Bertz CT molecular complexity index is 935. The molecule has 4 heteroatoms. The number of ether oxygens (including phenoxy) is 1. The lowest BCUT2D eigenvalue weighted by atomic mass is 9.47. The van der Waals surface area contributed by atoms with Crippen LogP contribution in [0, 0.1) is 28.6 Å². The molecule has 2 heterocycles. The molecule has 5 rings (SSSR count). The molecule has 0 N–H and O–H groups in total. The van der Waals surface area contributed by atoms with Crippen LogP contribution in [0.1, 0.15) is 57.9 Å². The Morgan fingerprint density at radius 3 is 2.77 bits per heavy atom. The number of aromatic nitrogens is 1. The fraction of sp³-hybridized carbons (Fsp3) is 0.615. The van der Waals surface area contributed by atoms with Gasteiger partial charge in [-0.05, 0) is 84.3 Å². The Balaban J connectivity index is 1.46. The van der Waals surface area contributed by atoms with Gasteiger partial charge in [0.15, 0.2) is 0 Å². The van der Waals surface area contributed by atoms with Crippen LogP contribution in [-0.4, -0.2) is 36.5 Å². The van der Waals surface area contributed by atoms with Crippen LogP contribution in [0.5, 0.6) is 5.75 Å². The summed E-state index contributed by atoms with van der Waals surface area (Å²) in [6, 6.07) is 2.15. The number of hydrogen-bond acceptors (Lipinski definition) is 3. The van der Waals surface area contributed by atoms with Gasteiger partial charge in [-0.1, -0.05) is 25.5 Å². The van der Waals surface area contributed by atoms with Gasteiger partial charge in [0, 0.05) is 25.9 Å². The molecule has 1 aliphatic heterocycles. The summed E-state index contributed by atoms with van der Waals surface area (Å²) in [6.45, 7) is 5.82.